The number of aromatic nitrogens is 1. The third kappa shape index (κ3) is 1.75. The van der Waals surface area contributed by atoms with Crippen molar-refractivity contribution in [3.05, 3.63) is 30.1 Å². The van der Waals surface area contributed by atoms with E-state index >= 15 is 0 Å². The second-order valence-corrected chi connectivity index (χ2v) is 5.55. The van der Waals surface area contributed by atoms with E-state index in [0.717, 1.165) is 24.8 Å². The first kappa shape index (κ1) is 11.8. The lowest BCUT2D eigenvalue weighted by Gasteiger charge is -2.26. The molecular weight excluding hydrogens is 252 g/mol. The summed E-state index contributed by atoms with van der Waals surface area (Å²) in [6.45, 7) is 0. The minimum Gasteiger partial charge on any atom is -0.465 e. The highest BCUT2D eigenvalue weighted by Gasteiger charge is 2.51. The quantitative estimate of drug-likeness (QED) is 0.838. The Labute approximate surface area is 111 Å². The maximum atomic E-state index is 11.2. The highest BCUT2D eigenvalue weighted by Crippen LogP contribution is 2.48. The number of halogens is 1. The van der Waals surface area contributed by atoms with Crippen LogP contribution < -0.4 is 0 Å². The molecule has 0 aliphatic carbocycles. The van der Waals surface area contributed by atoms with Crippen LogP contribution in [0.2, 0.25) is 0 Å². The molecule has 0 saturated carbocycles. The molecule has 4 unspecified atom stereocenters. The molecule has 4 nitrogen and oxygen atoms in total. The summed E-state index contributed by atoms with van der Waals surface area (Å²) >= 11 is 6.52. The Balaban J connectivity index is 1.81. The highest BCUT2D eigenvalue weighted by atomic mass is 35.5. The van der Waals surface area contributed by atoms with Crippen molar-refractivity contribution in [3.63, 3.8) is 0 Å². The Kier molecular flexibility index (Phi) is 2.90. The second kappa shape index (κ2) is 4.43. The Morgan fingerprint density at radius 2 is 2.39 bits per heavy atom. The number of carboxylic acid groups (broad SMARTS) is 1. The molecule has 1 aromatic rings. The molecule has 1 N–H and O–H groups in total. The SMILES string of the molecule is O=C(O)N1C2CCC1C(C(Cl)c1cccnc1)C2. The van der Waals surface area contributed by atoms with Gasteiger partial charge in [0.05, 0.1) is 5.38 Å². The fourth-order valence-electron chi connectivity index (χ4n) is 3.43. The highest BCUT2D eigenvalue weighted by molar-refractivity contribution is 6.21. The van der Waals surface area contributed by atoms with Gasteiger partial charge in [-0.15, -0.1) is 11.6 Å². The van der Waals surface area contributed by atoms with Crippen molar-refractivity contribution in [2.24, 2.45) is 5.92 Å². The molecule has 1 aromatic heterocycles. The van der Waals surface area contributed by atoms with Crippen LogP contribution in [0.25, 0.3) is 0 Å². The number of hydrogen-bond donors (Lipinski definition) is 1. The van der Waals surface area contributed by atoms with Crippen LogP contribution in [0, 0.1) is 5.92 Å². The van der Waals surface area contributed by atoms with Gasteiger partial charge in [0.1, 0.15) is 0 Å². The second-order valence-electron chi connectivity index (χ2n) is 5.08. The van der Waals surface area contributed by atoms with E-state index in [4.69, 9.17) is 11.6 Å². The maximum absolute atomic E-state index is 11.2. The van der Waals surface area contributed by atoms with Crippen molar-refractivity contribution in [2.75, 3.05) is 0 Å². The van der Waals surface area contributed by atoms with Crippen molar-refractivity contribution in [3.8, 4) is 0 Å². The van der Waals surface area contributed by atoms with Gasteiger partial charge in [0, 0.05) is 30.4 Å². The van der Waals surface area contributed by atoms with Gasteiger partial charge in [-0.1, -0.05) is 6.07 Å². The topological polar surface area (TPSA) is 53.4 Å². The number of amides is 1. The molecular formula is C13H15ClN2O2. The van der Waals surface area contributed by atoms with Crippen molar-refractivity contribution in [1.82, 2.24) is 9.88 Å². The fraction of sp³-hybridized carbons (Fsp3) is 0.538. The zero-order valence-corrected chi connectivity index (χ0v) is 10.6. The summed E-state index contributed by atoms with van der Waals surface area (Å²) in [5.74, 6) is 0.214. The van der Waals surface area contributed by atoms with Crippen LogP contribution in [0.4, 0.5) is 4.79 Å². The Morgan fingerprint density at radius 1 is 1.56 bits per heavy atom. The molecule has 5 heteroatoms. The van der Waals surface area contributed by atoms with E-state index in [1.165, 1.54) is 0 Å². The molecule has 3 heterocycles. The van der Waals surface area contributed by atoms with Gasteiger partial charge in [-0.25, -0.2) is 4.79 Å². The number of pyridine rings is 1. The largest absolute Gasteiger partial charge is 0.465 e. The number of alkyl halides is 1. The van der Waals surface area contributed by atoms with Gasteiger partial charge in [0.15, 0.2) is 0 Å². The average Bonchev–Trinajstić information content (AvgIpc) is 2.96. The third-order valence-corrected chi connectivity index (χ3v) is 4.76. The number of nitrogens with zero attached hydrogens (tertiary/aromatic N) is 2. The van der Waals surface area contributed by atoms with Crippen LogP contribution in [0.15, 0.2) is 24.5 Å². The zero-order chi connectivity index (χ0) is 12.7. The minimum absolute atomic E-state index is 0.0789. The molecule has 2 aliphatic rings. The number of fused-ring (bicyclic) bond motifs is 2. The summed E-state index contributed by atoms with van der Waals surface area (Å²) < 4.78 is 0. The van der Waals surface area contributed by atoms with Crippen LogP contribution >= 0.6 is 11.6 Å². The van der Waals surface area contributed by atoms with Gasteiger partial charge in [-0.2, -0.15) is 0 Å². The summed E-state index contributed by atoms with van der Waals surface area (Å²) in [6, 6.07) is 4.07. The van der Waals surface area contributed by atoms with E-state index in [9.17, 15) is 9.90 Å². The molecule has 3 rings (SSSR count). The van der Waals surface area contributed by atoms with Gasteiger partial charge in [-0.05, 0) is 30.9 Å². The average molecular weight is 267 g/mol. The normalized spacial score (nSPS) is 31.6. The Hall–Kier alpha value is -1.29. The molecule has 2 bridgehead atoms. The van der Waals surface area contributed by atoms with E-state index < -0.39 is 6.09 Å². The van der Waals surface area contributed by atoms with Crippen molar-refractivity contribution in [2.45, 2.75) is 36.7 Å². The van der Waals surface area contributed by atoms with Crippen molar-refractivity contribution >= 4 is 17.7 Å². The summed E-state index contributed by atoms with van der Waals surface area (Å²) in [6.07, 6.45) is 5.47. The molecule has 2 aliphatic heterocycles. The van der Waals surface area contributed by atoms with Crippen LogP contribution in [-0.2, 0) is 0 Å². The van der Waals surface area contributed by atoms with E-state index in [2.05, 4.69) is 4.98 Å². The van der Waals surface area contributed by atoms with Crippen LogP contribution in [0.1, 0.15) is 30.2 Å². The number of rotatable bonds is 2. The molecule has 4 atom stereocenters. The molecule has 18 heavy (non-hydrogen) atoms. The van der Waals surface area contributed by atoms with Gasteiger partial charge in [0.2, 0.25) is 0 Å². The first-order chi connectivity index (χ1) is 8.68. The maximum Gasteiger partial charge on any atom is 0.407 e. The van der Waals surface area contributed by atoms with Crippen molar-refractivity contribution in [1.29, 1.82) is 0 Å². The Morgan fingerprint density at radius 3 is 3.00 bits per heavy atom. The monoisotopic (exact) mass is 266 g/mol. The standard InChI is InChI=1S/C13H15ClN2O2/c14-12(8-2-1-5-15-7-8)10-6-9-3-4-11(10)16(9)13(17)18/h1-2,5,7,9-12H,3-4,6H2,(H,17,18). The predicted molar refractivity (Wildman–Crippen MR) is 67.6 cm³/mol. The van der Waals surface area contributed by atoms with Crippen LogP contribution in [0.5, 0.6) is 0 Å². The molecule has 1 amide bonds. The molecule has 2 fully saturated rings. The summed E-state index contributed by atoms with van der Waals surface area (Å²) in [7, 11) is 0. The van der Waals surface area contributed by atoms with Gasteiger partial charge < -0.3 is 10.0 Å². The number of carbonyl (C=O) groups is 1. The molecule has 0 aromatic carbocycles. The van der Waals surface area contributed by atoms with Gasteiger partial charge in [0.25, 0.3) is 0 Å². The van der Waals surface area contributed by atoms with Gasteiger partial charge in [-0.3, -0.25) is 4.98 Å². The van der Waals surface area contributed by atoms with E-state index in [1.807, 2.05) is 12.1 Å². The summed E-state index contributed by atoms with van der Waals surface area (Å²) in [5, 5.41) is 9.09. The van der Waals surface area contributed by atoms with E-state index in [-0.39, 0.29) is 23.4 Å². The lowest BCUT2D eigenvalue weighted by Crippen LogP contribution is -2.35. The summed E-state index contributed by atoms with van der Waals surface area (Å²) in [4.78, 5) is 16.9. The first-order valence-electron chi connectivity index (χ1n) is 6.23. The molecule has 96 valence electrons. The molecule has 0 spiro atoms. The van der Waals surface area contributed by atoms with Gasteiger partial charge >= 0.3 is 6.09 Å². The fourth-order valence-corrected chi connectivity index (χ4v) is 3.83. The summed E-state index contributed by atoms with van der Waals surface area (Å²) in [5.41, 5.74) is 0.988. The lowest BCUT2D eigenvalue weighted by atomic mass is 9.84. The lowest BCUT2D eigenvalue weighted by molar-refractivity contribution is 0.135. The van der Waals surface area contributed by atoms with E-state index in [0.29, 0.717) is 0 Å². The zero-order valence-electron chi connectivity index (χ0n) is 9.87. The van der Waals surface area contributed by atoms with Crippen LogP contribution in [-0.4, -0.2) is 33.2 Å². The number of hydrogen-bond acceptors (Lipinski definition) is 2. The van der Waals surface area contributed by atoms with Crippen molar-refractivity contribution < 1.29 is 9.90 Å². The minimum atomic E-state index is -0.806. The van der Waals surface area contributed by atoms with E-state index in [1.54, 1.807) is 17.3 Å². The smallest absolute Gasteiger partial charge is 0.407 e. The Bertz CT molecular complexity index is 454. The predicted octanol–water partition coefficient (Wildman–Crippen LogP) is 2.89. The third-order valence-electron chi connectivity index (χ3n) is 4.18. The molecule has 0 radical (unpaired) electrons. The van der Waals surface area contributed by atoms with Crippen LogP contribution in [0.3, 0.4) is 0 Å². The molecule has 2 saturated heterocycles. The first-order valence-corrected chi connectivity index (χ1v) is 6.67.